The van der Waals surface area contributed by atoms with Gasteiger partial charge in [-0.15, -0.1) is 0 Å². The zero-order chi connectivity index (χ0) is 21.8. The van der Waals surface area contributed by atoms with Gasteiger partial charge in [0.1, 0.15) is 6.10 Å². The minimum absolute atomic E-state index is 0.0717. The molecule has 0 heterocycles. The quantitative estimate of drug-likeness (QED) is 0.164. The van der Waals surface area contributed by atoms with Gasteiger partial charge in [-0.2, -0.15) is 0 Å². The van der Waals surface area contributed by atoms with E-state index >= 15 is 0 Å². The lowest BCUT2D eigenvalue weighted by atomic mass is 10.1. The number of carbonyl (C=O) groups is 1. The Hall–Kier alpha value is -0.500. The number of rotatable bonds is 22. The summed E-state index contributed by atoms with van der Waals surface area (Å²) in [6.07, 6.45) is 12.9. The van der Waals surface area contributed by atoms with Gasteiger partial charge in [0, 0.05) is 19.6 Å². The van der Waals surface area contributed by atoms with Gasteiger partial charge in [-0.05, 0) is 19.3 Å². The topological polar surface area (TPSA) is 123 Å². The average molecular weight is 441 g/mol. The van der Waals surface area contributed by atoms with Crippen LogP contribution in [0.3, 0.4) is 0 Å². The number of unbranched alkanes of at least 4 members (excludes halogenated alkanes) is 10. The van der Waals surface area contributed by atoms with Gasteiger partial charge in [0.05, 0.1) is 13.2 Å². The van der Waals surface area contributed by atoms with E-state index in [1.165, 1.54) is 51.4 Å². The van der Waals surface area contributed by atoms with Crippen LogP contribution in [0.25, 0.3) is 0 Å². The van der Waals surface area contributed by atoms with Crippen molar-refractivity contribution >= 4 is 13.8 Å². The SMILES string of the molecule is CCCCCCCCCCCCOCC(COP(=O)(O)O)OCCCCC(=O)O. The predicted octanol–water partition coefficient (Wildman–Crippen LogP) is 4.67. The third-order valence-electron chi connectivity index (χ3n) is 4.51. The highest BCUT2D eigenvalue weighted by Gasteiger charge is 2.19. The number of phosphoric acid groups is 1. The number of phosphoric ester groups is 1. The van der Waals surface area contributed by atoms with Gasteiger partial charge >= 0.3 is 13.8 Å². The summed E-state index contributed by atoms with van der Waals surface area (Å²) in [5.74, 6) is -0.855. The van der Waals surface area contributed by atoms with E-state index in [4.69, 9.17) is 24.4 Å². The lowest BCUT2D eigenvalue weighted by Gasteiger charge is -2.18. The first kappa shape index (κ1) is 28.5. The van der Waals surface area contributed by atoms with Gasteiger partial charge in [-0.3, -0.25) is 9.32 Å². The van der Waals surface area contributed by atoms with Gasteiger partial charge in [0.25, 0.3) is 0 Å². The highest BCUT2D eigenvalue weighted by Crippen LogP contribution is 2.35. The molecule has 0 spiro atoms. The van der Waals surface area contributed by atoms with Crippen LogP contribution < -0.4 is 0 Å². The Kier molecular flexibility index (Phi) is 19.1. The Bertz CT molecular complexity index is 427. The van der Waals surface area contributed by atoms with Crippen molar-refractivity contribution in [2.24, 2.45) is 0 Å². The molecule has 0 fully saturated rings. The molecule has 1 unspecified atom stereocenters. The van der Waals surface area contributed by atoms with Crippen LogP contribution in [0.5, 0.6) is 0 Å². The third kappa shape index (κ3) is 23.6. The molecule has 0 amide bonds. The van der Waals surface area contributed by atoms with Crippen molar-refractivity contribution in [1.29, 1.82) is 0 Å². The van der Waals surface area contributed by atoms with Gasteiger partial charge in [-0.25, -0.2) is 4.57 Å². The van der Waals surface area contributed by atoms with Crippen molar-refractivity contribution in [3.05, 3.63) is 0 Å². The average Bonchev–Trinajstić information content (AvgIpc) is 2.65. The molecular weight excluding hydrogens is 399 g/mol. The van der Waals surface area contributed by atoms with E-state index in [1.54, 1.807) is 0 Å². The fraction of sp³-hybridized carbons (Fsp3) is 0.950. The summed E-state index contributed by atoms with van der Waals surface area (Å²) in [5, 5.41) is 8.61. The van der Waals surface area contributed by atoms with E-state index in [0.717, 1.165) is 12.8 Å². The molecule has 0 aromatic carbocycles. The lowest BCUT2D eigenvalue weighted by molar-refractivity contribution is -0.137. The fourth-order valence-corrected chi connectivity index (χ4v) is 3.22. The van der Waals surface area contributed by atoms with Crippen LogP contribution in [-0.4, -0.2) is 53.4 Å². The Morgan fingerprint density at radius 2 is 1.38 bits per heavy atom. The Morgan fingerprint density at radius 1 is 0.828 bits per heavy atom. The van der Waals surface area contributed by atoms with Crippen LogP contribution in [0.15, 0.2) is 0 Å². The summed E-state index contributed by atoms with van der Waals surface area (Å²) in [5.41, 5.74) is 0. The maximum absolute atomic E-state index is 10.9. The molecule has 3 N–H and O–H groups in total. The monoisotopic (exact) mass is 440 g/mol. The largest absolute Gasteiger partial charge is 0.481 e. The molecule has 0 aliphatic carbocycles. The predicted molar refractivity (Wildman–Crippen MR) is 112 cm³/mol. The van der Waals surface area contributed by atoms with Crippen LogP contribution in [0.1, 0.15) is 90.4 Å². The van der Waals surface area contributed by atoms with Crippen molar-refractivity contribution in [2.75, 3.05) is 26.4 Å². The van der Waals surface area contributed by atoms with Crippen molar-refractivity contribution in [1.82, 2.24) is 0 Å². The molecule has 0 aromatic heterocycles. The maximum Gasteiger partial charge on any atom is 0.469 e. The second-order valence-electron chi connectivity index (χ2n) is 7.39. The molecule has 1 atom stereocenters. The molecule has 0 aliphatic rings. The molecule has 29 heavy (non-hydrogen) atoms. The highest BCUT2D eigenvalue weighted by molar-refractivity contribution is 7.46. The summed E-state index contributed by atoms with van der Waals surface area (Å²) in [4.78, 5) is 28.2. The molecule has 0 rings (SSSR count). The number of aliphatic carboxylic acids is 1. The second-order valence-corrected chi connectivity index (χ2v) is 8.63. The first-order chi connectivity index (χ1) is 13.8. The summed E-state index contributed by atoms with van der Waals surface area (Å²) >= 11 is 0. The van der Waals surface area contributed by atoms with Gasteiger partial charge in [0.15, 0.2) is 0 Å². The lowest BCUT2D eigenvalue weighted by Crippen LogP contribution is -2.26. The van der Waals surface area contributed by atoms with E-state index in [0.29, 0.717) is 26.1 Å². The number of hydrogen-bond donors (Lipinski definition) is 3. The molecule has 0 saturated heterocycles. The first-order valence-corrected chi connectivity index (χ1v) is 12.5. The van der Waals surface area contributed by atoms with Gasteiger partial charge in [0.2, 0.25) is 0 Å². The highest BCUT2D eigenvalue weighted by atomic mass is 31.2. The van der Waals surface area contributed by atoms with Gasteiger partial charge in [-0.1, -0.05) is 64.7 Å². The van der Waals surface area contributed by atoms with E-state index < -0.39 is 19.9 Å². The molecular formula is C20H41O8P. The zero-order valence-corrected chi connectivity index (χ0v) is 18.8. The van der Waals surface area contributed by atoms with Crippen LogP contribution in [0.2, 0.25) is 0 Å². The minimum atomic E-state index is -4.56. The van der Waals surface area contributed by atoms with Crippen LogP contribution in [-0.2, 0) is 23.4 Å². The van der Waals surface area contributed by atoms with Crippen LogP contribution in [0.4, 0.5) is 0 Å². The number of ether oxygens (including phenoxy) is 2. The van der Waals surface area contributed by atoms with Crippen molar-refractivity contribution < 1.29 is 38.3 Å². The zero-order valence-electron chi connectivity index (χ0n) is 17.9. The molecule has 0 radical (unpaired) electrons. The molecule has 0 saturated carbocycles. The molecule has 174 valence electrons. The summed E-state index contributed by atoms with van der Waals surface area (Å²) < 4.78 is 26.5. The van der Waals surface area contributed by atoms with Crippen molar-refractivity contribution in [3.63, 3.8) is 0 Å². The Labute approximate surface area is 175 Å². The Morgan fingerprint density at radius 3 is 1.93 bits per heavy atom. The molecule has 0 aliphatic heterocycles. The summed E-state index contributed by atoms with van der Waals surface area (Å²) in [6.45, 7) is 3.02. The fourth-order valence-electron chi connectivity index (χ4n) is 2.86. The third-order valence-corrected chi connectivity index (χ3v) is 5.00. The molecule has 8 nitrogen and oxygen atoms in total. The molecule has 0 bridgehead atoms. The van der Waals surface area contributed by atoms with Crippen molar-refractivity contribution in [3.8, 4) is 0 Å². The molecule has 0 aromatic rings. The standard InChI is InChI=1S/C20H41O8P/c1-2-3-4-5-6-7-8-9-10-12-15-26-17-19(18-28-29(23,24)25)27-16-13-11-14-20(21)22/h19H,2-18H2,1H3,(H,21,22)(H2,23,24,25). The maximum atomic E-state index is 10.9. The van der Waals surface area contributed by atoms with Crippen molar-refractivity contribution in [2.45, 2.75) is 96.5 Å². The smallest absolute Gasteiger partial charge is 0.469 e. The van der Waals surface area contributed by atoms with E-state index in [9.17, 15) is 9.36 Å². The van der Waals surface area contributed by atoms with Crippen LogP contribution >= 0.6 is 7.82 Å². The summed E-state index contributed by atoms with van der Waals surface area (Å²) in [6, 6.07) is 0. The number of carboxylic acid groups (broad SMARTS) is 1. The van der Waals surface area contributed by atoms with Crippen LogP contribution in [0, 0.1) is 0 Å². The van der Waals surface area contributed by atoms with Gasteiger partial charge < -0.3 is 24.4 Å². The van der Waals surface area contributed by atoms with E-state index in [2.05, 4.69) is 11.4 Å². The number of carboxylic acids is 1. The first-order valence-electron chi connectivity index (χ1n) is 11.0. The number of hydrogen-bond acceptors (Lipinski definition) is 5. The molecule has 9 heteroatoms. The summed E-state index contributed by atoms with van der Waals surface area (Å²) in [7, 11) is -4.56. The second kappa shape index (κ2) is 19.5. The van der Waals surface area contributed by atoms with E-state index in [-0.39, 0.29) is 19.6 Å². The normalized spacial score (nSPS) is 12.9. The van der Waals surface area contributed by atoms with E-state index in [1.807, 2.05) is 0 Å². The Balaban J connectivity index is 3.75. The minimum Gasteiger partial charge on any atom is -0.481 e.